The van der Waals surface area contributed by atoms with Gasteiger partial charge in [0.1, 0.15) is 5.54 Å². The smallest absolute Gasteiger partial charge is 0.329 e. The molecular weight excluding hydrogens is 248 g/mol. The number of rotatable bonds is 4. The maximum absolute atomic E-state index is 12.1. The fraction of sp³-hybridized carbons (Fsp3) is 0.538. The Morgan fingerprint density at radius 1 is 1.47 bits per heavy atom. The highest BCUT2D eigenvalue weighted by molar-refractivity contribution is 5.86. The summed E-state index contributed by atoms with van der Waals surface area (Å²) in [7, 11) is 1.63. The number of nitrogens with one attached hydrogen (secondary N) is 1. The molecule has 2 amide bonds. The molecule has 1 aliphatic rings. The molecule has 0 atom stereocenters. The molecule has 1 fully saturated rings. The highest BCUT2D eigenvalue weighted by Gasteiger charge is 2.43. The van der Waals surface area contributed by atoms with Gasteiger partial charge in [0, 0.05) is 12.6 Å². The summed E-state index contributed by atoms with van der Waals surface area (Å²) in [4.78, 5) is 24.9. The van der Waals surface area contributed by atoms with Crippen LogP contribution in [-0.4, -0.2) is 34.6 Å². The lowest BCUT2D eigenvalue weighted by molar-refractivity contribution is -0.144. The van der Waals surface area contributed by atoms with E-state index in [0.717, 1.165) is 18.4 Å². The van der Waals surface area contributed by atoms with E-state index in [9.17, 15) is 14.7 Å². The topological polar surface area (TPSA) is 82.8 Å². The second-order valence-electron chi connectivity index (χ2n) is 5.01. The van der Waals surface area contributed by atoms with Crippen molar-refractivity contribution in [3.8, 4) is 0 Å². The number of nitrogens with zero attached hydrogens (tertiary/aromatic N) is 1. The molecule has 104 valence electrons. The molecule has 19 heavy (non-hydrogen) atoms. The summed E-state index contributed by atoms with van der Waals surface area (Å²) in [5.41, 5.74) is -0.227. The molecule has 0 unspecified atom stereocenters. The first-order valence-corrected chi connectivity index (χ1v) is 6.31. The van der Waals surface area contributed by atoms with Crippen molar-refractivity contribution in [3.63, 3.8) is 0 Å². The zero-order valence-electron chi connectivity index (χ0n) is 10.9. The molecule has 0 bridgehead atoms. The number of hydrogen-bond acceptors (Lipinski definition) is 3. The number of carbonyl (C=O) groups excluding carboxylic acids is 1. The minimum absolute atomic E-state index is 0.370. The Bertz CT molecular complexity index is 449. The lowest BCUT2D eigenvalue weighted by Crippen LogP contribution is -2.55. The Morgan fingerprint density at radius 2 is 2.16 bits per heavy atom. The maximum atomic E-state index is 12.1. The van der Waals surface area contributed by atoms with Gasteiger partial charge in [-0.15, -0.1) is 0 Å². The highest BCUT2D eigenvalue weighted by atomic mass is 16.4. The molecule has 0 radical (unpaired) electrons. The summed E-state index contributed by atoms with van der Waals surface area (Å²) >= 11 is 0. The van der Waals surface area contributed by atoms with Gasteiger partial charge < -0.3 is 19.7 Å². The molecule has 1 aromatic rings. The van der Waals surface area contributed by atoms with Crippen LogP contribution in [0.1, 0.15) is 31.2 Å². The van der Waals surface area contributed by atoms with Gasteiger partial charge in [-0.2, -0.15) is 0 Å². The van der Waals surface area contributed by atoms with Gasteiger partial charge >= 0.3 is 12.0 Å². The Balaban J connectivity index is 1.97. The predicted molar refractivity (Wildman–Crippen MR) is 67.5 cm³/mol. The molecule has 2 N–H and O–H groups in total. The maximum Gasteiger partial charge on any atom is 0.329 e. The van der Waals surface area contributed by atoms with Crippen molar-refractivity contribution in [2.45, 2.75) is 37.8 Å². The summed E-state index contributed by atoms with van der Waals surface area (Å²) in [5, 5.41) is 12.0. The highest BCUT2D eigenvalue weighted by Crippen LogP contribution is 2.30. The number of amides is 2. The normalized spacial score (nSPS) is 17.1. The van der Waals surface area contributed by atoms with E-state index in [1.807, 2.05) is 0 Å². The van der Waals surface area contributed by atoms with Gasteiger partial charge in [0.2, 0.25) is 0 Å². The number of urea groups is 1. The third kappa shape index (κ3) is 2.89. The van der Waals surface area contributed by atoms with Crippen LogP contribution in [0.15, 0.2) is 23.0 Å². The zero-order valence-corrected chi connectivity index (χ0v) is 10.9. The first-order chi connectivity index (χ1) is 9.03. The van der Waals surface area contributed by atoms with Gasteiger partial charge in [-0.1, -0.05) is 12.8 Å². The Labute approximate surface area is 111 Å². The number of furan rings is 1. The summed E-state index contributed by atoms with van der Waals surface area (Å²) in [5.74, 6) is -0.949. The number of carboxylic acids is 1. The van der Waals surface area contributed by atoms with Crippen LogP contribution in [0.5, 0.6) is 0 Å². The SMILES string of the molecule is CN(Cc1ccoc1)C(=O)NC1(C(=O)O)CCCC1. The average Bonchev–Trinajstić information content (AvgIpc) is 3.00. The van der Waals surface area contributed by atoms with Gasteiger partial charge in [0.15, 0.2) is 0 Å². The lowest BCUT2D eigenvalue weighted by Gasteiger charge is -2.28. The van der Waals surface area contributed by atoms with Crippen LogP contribution in [0, 0.1) is 0 Å². The lowest BCUT2D eigenvalue weighted by atomic mass is 9.98. The monoisotopic (exact) mass is 266 g/mol. The molecule has 1 saturated carbocycles. The van der Waals surface area contributed by atoms with Crippen molar-refractivity contribution < 1.29 is 19.1 Å². The Morgan fingerprint density at radius 3 is 2.68 bits per heavy atom. The van der Waals surface area contributed by atoms with Crippen molar-refractivity contribution in [2.75, 3.05) is 7.05 Å². The van der Waals surface area contributed by atoms with Crippen LogP contribution in [0.2, 0.25) is 0 Å². The number of hydrogen-bond donors (Lipinski definition) is 2. The molecule has 1 aliphatic carbocycles. The second-order valence-corrected chi connectivity index (χ2v) is 5.01. The molecule has 0 aliphatic heterocycles. The number of carbonyl (C=O) groups is 2. The van der Waals surface area contributed by atoms with Crippen LogP contribution in [-0.2, 0) is 11.3 Å². The van der Waals surface area contributed by atoms with Gasteiger partial charge in [-0.3, -0.25) is 0 Å². The molecule has 0 saturated heterocycles. The van der Waals surface area contributed by atoms with Crippen LogP contribution < -0.4 is 5.32 Å². The fourth-order valence-electron chi connectivity index (χ4n) is 2.40. The molecule has 6 nitrogen and oxygen atoms in total. The minimum Gasteiger partial charge on any atom is -0.480 e. The van der Waals surface area contributed by atoms with Crippen molar-refractivity contribution in [3.05, 3.63) is 24.2 Å². The minimum atomic E-state index is -1.10. The molecule has 6 heteroatoms. The van der Waals surface area contributed by atoms with Gasteiger partial charge in [0.25, 0.3) is 0 Å². The molecule has 1 aromatic heterocycles. The van der Waals surface area contributed by atoms with Crippen molar-refractivity contribution in [1.82, 2.24) is 10.2 Å². The van der Waals surface area contributed by atoms with E-state index in [1.165, 1.54) is 11.2 Å². The van der Waals surface area contributed by atoms with E-state index in [-0.39, 0.29) is 6.03 Å². The van der Waals surface area contributed by atoms with E-state index < -0.39 is 11.5 Å². The molecule has 2 rings (SSSR count). The summed E-state index contributed by atoms with van der Waals surface area (Å²) < 4.78 is 4.93. The summed E-state index contributed by atoms with van der Waals surface area (Å²) in [6.45, 7) is 0.387. The quantitative estimate of drug-likeness (QED) is 0.870. The van der Waals surface area contributed by atoms with E-state index in [1.54, 1.807) is 19.4 Å². The van der Waals surface area contributed by atoms with Crippen molar-refractivity contribution in [1.29, 1.82) is 0 Å². The van der Waals surface area contributed by atoms with Gasteiger partial charge in [-0.25, -0.2) is 9.59 Å². The van der Waals surface area contributed by atoms with E-state index in [2.05, 4.69) is 5.32 Å². The standard InChI is InChI=1S/C13H18N2O4/c1-15(8-10-4-7-19-9-10)12(18)14-13(11(16)17)5-2-3-6-13/h4,7,9H,2-3,5-6,8H2,1H3,(H,14,18)(H,16,17). The average molecular weight is 266 g/mol. The van der Waals surface area contributed by atoms with E-state index >= 15 is 0 Å². The van der Waals surface area contributed by atoms with E-state index in [4.69, 9.17) is 4.42 Å². The van der Waals surface area contributed by atoms with Crippen molar-refractivity contribution >= 4 is 12.0 Å². The summed E-state index contributed by atoms with van der Waals surface area (Å²) in [6, 6.07) is 1.40. The van der Waals surface area contributed by atoms with Crippen LogP contribution >= 0.6 is 0 Å². The predicted octanol–water partition coefficient (Wildman–Crippen LogP) is 1.82. The Kier molecular flexibility index (Phi) is 3.78. The third-order valence-electron chi connectivity index (χ3n) is 3.56. The van der Waals surface area contributed by atoms with Gasteiger partial charge in [-0.05, 0) is 18.9 Å². The van der Waals surface area contributed by atoms with Crippen LogP contribution in [0.4, 0.5) is 4.79 Å². The first kappa shape index (κ1) is 13.5. The molecule has 1 heterocycles. The van der Waals surface area contributed by atoms with Crippen molar-refractivity contribution in [2.24, 2.45) is 0 Å². The molecular formula is C13H18N2O4. The Hall–Kier alpha value is -1.98. The largest absolute Gasteiger partial charge is 0.480 e. The fourth-order valence-corrected chi connectivity index (χ4v) is 2.40. The van der Waals surface area contributed by atoms with Gasteiger partial charge in [0.05, 0.1) is 19.1 Å². The van der Waals surface area contributed by atoms with Crippen LogP contribution in [0.25, 0.3) is 0 Å². The van der Waals surface area contributed by atoms with E-state index in [0.29, 0.717) is 19.4 Å². The molecule has 0 aromatic carbocycles. The second kappa shape index (κ2) is 5.34. The van der Waals surface area contributed by atoms with Crippen LogP contribution in [0.3, 0.4) is 0 Å². The third-order valence-corrected chi connectivity index (χ3v) is 3.56. The molecule has 0 spiro atoms. The number of aliphatic carboxylic acids is 1. The first-order valence-electron chi connectivity index (χ1n) is 6.31. The summed E-state index contributed by atoms with van der Waals surface area (Å²) in [6.07, 6.45) is 5.75. The zero-order chi connectivity index (χ0) is 13.9. The number of carboxylic acid groups (broad SMARTS) is 1.